The molecule has 0 radical (unpaired) electrons. The molecular weight excluding hydrogens is 279 g/mol. The third-order valence-corrected chi connectivity index (χ3v) is 5.26. The quantitative estimate of drug-likeness (QED) is 0.499. The van der Waals surface area contributed by atoms with Crippen molar-refractivity contribution in [3.63, 3.8) is 0 Å². The molecule has 1 aliphatic rings. The molecule has 0 saturated heterocycles. The topological polar surface area (TPSA) is 61.8 Å². The van der Waals surface area contributed by atoms with Crippen LogP contribution in [0.3, 0.4) is 0 Å². The highest BCUT2D eigenvalue weighted by Gasteiger charge is 2.40. The first kappa shape index (κ1) is 17.4. The molecule has 20 heavy (non-hydrogen) atoms. The van der Waals surface area contributed by atoms with Gasteiger partial charge in [-0.3, -0.25) is 9.36 Å². The van der Waals surface area contributed by atoms with Gasteiger partial charge in [-0.1, -0.05) is 26.7 Å². The second-order valence-electron chi connectivity index (χ2n) is 4.87. The van der Waals surface area contributed by atoms with Gasteiger partial charge in [-0.2, -0.15) is 0 Å². The zero-order valence-electron chi connectivity index (χ0n) is 12.8. The van der Waals surface area contributed by atoms with Crippen LogP contribution in [-0.4, -0.2) is 19.2 Å². The summed E-state index contributed by atoms with van der Waals surface area (Å²) in [6.07, 6.45) is 4.51. The molecule has 0 aromatic heterocycles. The number of esters is 1. The molecule has 6 heteroatoms. The number of ether oxygens (including phenoxy) is 1. The van der Waals surface area contributed by atoms with Crippen molar-refractivity contribution < 1.29 is 23.1 Å². The molecule has 1 aliphatic heterocycles. The molecule has 0 aromatic carbocycles. The third kappa shape index (κ3) is 4.18. The van der Waals surface area contributed by atoms with Gasteiger partial charge < -0.3 is 13.8 Å². The van der Waals surface area contributed by atoms with E-state index in [1.54, 1.807) is 19.9 Å². The van der Waals surface area contributed by atoms with E-state index in [0.29, 0.717) is 0 Å². The largest absolute Gasteiger partial charge is 0.418 e. The number of cyclic esters (lactones) is 1. The van der Waals surface area contributed by atoms with Crippen LogP contribution in [0.15, 0.2) is 11.6 Å². The molecule has 5 nitrogen and oxygen atoms in total. The van der Waals surface area contributed by atoms with Crippen molar-refractivity contribution in [3.05, 3.63) is 11.6 Å². The van der Waals surface area contributed by atoms with Gasteiger partial charge in [0.25, 0.3) is 0 Å². The van der Waals surface area contributed by atoms with Gasteiger partial charge in [-0.25, -0.2) is 0 Å². The molecule has 2 atom stereocenters. The fourth-order valence-corrected chi connectivity index (χ4v) is 3.85. The highest BCUT2D eigenvalue weighted by atomic mass is 31.2. The molecule has 0 bridgehead atoms. The van der Waals surface area contributed by atoms with Crippen LogP contribution < -0.4 is 0 Å². The SMILES string of the molecule is CCCC[C@H]1C(=O)OC(P(=O)(OCC)OCC)=C[C@@H]1C. The average Bonchev–Trinajstić information content (AvgIpc) is 2.38. The number of hydrogen-bond donors (Lipinski definition) is 0. The van der Waals surface area contributed by atoms with E-state index < -0.39 is 7.60 Å². The van der Waals surface area contributed by atoms with E-state index in [4.69, 9.17) is 13.8 Å². The normalized spacial score (nSPS) is 23.4. The van der Waals surface area contributed by atoms with Crippen molar-refractivity contribution in [2.24, 2.45) is 11.8 Å². The van der Waals surface area contributed by atoms with Crippen molar-refractivity contribution >= 4 is 13.6 Å². The minimum atomic E-state index is -3.50. The standard InChI is InChI=1S/C14H25O5P/c1-5-8-9-12-11(4)10-13(19-14(12)15)20(16,17-6-2)18-7-3/h10-12H,5-9H2,1-4H3/t11-,12+/m0/s1. The fourth-order valence-electron chi connectivity index (χ4n) is 2.22. The smallest absolute Gasteiger partial charge is 0.396 e. The van der Waals surface area contributed by atoms with Crippen LogP contribution in [0.5, 0.6) is 0 Å². The number of unbranched alkanes of at least 4 members (excludes halogenated alkanes) is 1. The number of rotatable bonds is 8. The lowest BCUT2D eigenvalue weighted by molar-refractivity contribution is -0.146. The lowest BCUT2D eigenvalue weighted by atomic mass is 9.88. The summed E-state index contributed by atoms with van der Waals surface area (Å²) in [5, 5.41) is 0. The van der Waals surface area contributed by atoms with Crippen LogP contribution in [0.2, 0.25) is 0 Å². The van der Waals surface area contributed by atoms with E-state index in [0.717, 1.165) is 19.3 Å². The van der Waals surface area contributed by atoms with E-state index in [1.807, 2.05) is 6.92 Å². The maximum Gasteiger partial charge on any atom is 0.396 e. The number of hydrogen-bond acceptors (Lipinski definition) is 5. The molecule has 0 N–H and O–H groups in total. The summed E-state index contributed by atoms with van der Waals surface area (Å²) in [7, 11) is -3.50. The van der Waals surface area contributed by atoms with E-state index >= 15 is 0 Å². The van der Waals surface area contributed by atoms with Gasteiger partial charge in [0.05, 0.1) is 19.1 Å². The minimum Gasteiger partial charge on any atom is -0.418 e. The average molecular weight is 304 g/mol. The van der Waals surface area contributed by atoms with Crippen molar-refractivity contribution in [2.75, 3.05) is 13.2 Å². The van der Waals surface area contributed by atoms with Crippen LogP contribution >= 0.6 is 7.60 Å². The summed E-state index contributed by atoms with van der Waals surface area (Å²) in [5.41, 5.74) is 0.0476. The zero-order chi connectivity index (χ0) is 15.2. The summed E-state index contributed by atoms with van der Waals surface area (Å²) >= 11 is 0. The Labute approximate surface area is 121 Å². The number of carbonyl (C=O) groups excluding carboxylic acids is 1. The van der Waals surface area contributed by atoms with Gasteiger partial charge in [0.2, 0.25) is 5.50 Å². The first-order valence-corrected chi connectivity index (χ1v) is 8.85. The molecule has 0 aromatic rings. The van der Waals surface area contributed by atoms with E-state index in [1.165, 1.54) is 0 Å². The second-order valence-corrected chi connectivity index (χ2v) is 6.82. The highest BCUT2D eigenvalue weighted by molar-refractivity contribution is 7.58. The number of allylic oxidation sites excluding steroid dienone is 1. The lowest BCUT2D eigenvalue weighted by Crippen LogP contribution is -2.28. The molecule has 0 aliphatic carbocycles. The van der Waals surface area contributed by atoms with Crippen molar-refractivity contribution in [2.45, 2.75) is 47.0 Å². The van der Waals surface area contributed by atoms with Gasteiger partial charge in [0.1, 0.15) is 0 Å². The zero-order valence-corrected chi connectivity index (χ0v) is 13.7. The Bertz CT molecular complexity index is 394. The maximum atomic E-state index is 12.6. The van der Waals surface area contributed by atoms with Crippen LogP contribution in [0, 0.1) is 11.8 Å². The van der Waals surface area contributed by atoms with Crippen LogP contribution in [0.25, 0.3) is 0 Å². The van der Waals surface area contributed by atoms with E-state index in [9.17, 15) is 9.36 Å². The van der Waals surface area contributed by atoms with Gasteiger partial charge in [-0.15, -0.1) is 0 Å². The fraction of sp³-hybridized carbons (Fsp3) is 0.786. The molecule has 0 saturated carbocycles. The predicted octanol–water partition coefficient (Wildman–Crippen LogP) is 4.09. The Hall–Kier alpha value is -0.640. The third-order valence-electron chi connectivity index (χ3n) is 3.28. The Morgan fingerprint density at radius 3 is 2.30 bits per heavy atom. The van der Waals surface area contributed by atoms with Gasteiger partial charge in [-0.05, 0) is 32.3 Å². The summed E-state index contributed by atoms with van der Waals surface area (Å²) in [6.45, 7) is 7.94. The van der Waals surface area contributed by atoms with Crippen LogP contribution in [0.1, 0.15) is 47.0 Å². The van der Waals surface area contributed by atoms with Gasteiger partial charge in [0.15, 0.2) is 0 Å². The predicted molar refractivity (Wildman–Crippen MR) is 77.2 cm³/mol. The monoisotopic (exact) mass is 304 g/mol. The first-order valence-electron chi connectivity index (χ1n) is 7.31. The summed E-state index contributed by atoms with van der Waals surface area (Å²) in [6, 6.07) is 0. The molecular formula is C14H25O5P. The summed E-state index contributed by atoms with van der Waals surface area (Å²) in [4.78, 5) is 12.1. The molecule has 0 fully saturated rings. The van der Waals surface area contributed by atoms with Gasteiger partial charge >= 0.3 is 13.6 Å². The first-order chi connectivity index (χ1) is 9.48. The molecule has 116 valence electrons. The van der Waals surface area contributed by atoms with Gasteiger partial charge in [0, 0.05) is 0 Å². The highest BCUT2D eigenvalue weighted by Crippen LogP contribution is 2.58. The Balaban J connectivity index is 2.92. The van der Waals surface area contributed by atoms with Crippen LogP contribution in [-0.2, 0) is 23.1 Å². The summed E-state index contributed by atoms with van der Waals surface area (Å²) < 4.78 is 28.3. The minimum absolute atomic E-state index is 0.0213. The molecule has 0 amide bonds. The van der Waals surface area contributed by atoms with E-state index in [2.05, 4.69) is 6.92 Å². The second kappa shape index (κ2) is 7.96. The Kier molecular flexibility index (Phi) is 6.93. The summed E-state index contributed by atoms with van der Waals surface area (Å²) in [5.74, 6) is -0.523. The van der Waals surface area contributed by atoms with Crippen molar-refractivity contribution in [1.82, 2.24) is 0 Å². The molecule has 1 heterocycles. The number of carbonyl (C=O) groups is 1. The van der Waals surface area contributed by atoms with Crippen molar-refractivity contribution in [1.29, 1.82) is 0 Å². The van der Waals surface area contributed by atoms with Crippen molar-refractivity contribution in [3.8, 4) is 0 Å². The lowest BCUT2D eigenvalue weighted by Gasteiger charge is -2.28. The molecule has 0 spiro atoms. The Morgan fingerprint density at radius 2 is 1.85 bits per heavy atom. The van der Waals surface area contributed by atoms with E-state index in [-0.39, 0.29) is 36.5 Å². The Morgan fingerprint density at radius 1 is 1.25 bits per heavy atom. The maximum absolute atomic E-state index is 12.6. The van der Waals surface area contributed by atoms with Crippen LogP contribution in [0.4, 0.5) is 0 Å². The molecule has 0 unspecified atom stereocenters. The molecule has 1 rings (SSSR count).